The highest BCUT2D eigenvalue weighted by Gasteiger charge is 2.05. The Labute approximate surface area is 135 Å². The van der Waals surface area contributed by atoms with E-state index in [0.717, 1.165) is 32.5 Å². The lowest BCUT2D eigenvalue weighted by atomic mass is 10.2. The van der Waals surface area contributed by atoms with E-state index in [0.29, 0.717) is 11.9 Å². The molecule has 0 bridgehead atoms. The molecule has 130 valence electrons. The second kappa shape index (κ2) is 12.3. The molecule has 6 nitrogen and oxygen atoms in total. The Bertz CT molecular complexity index is 328. The van der Waals surface area contributed by atoms with Crippen LogP contribution in [0.2, 0.25) is 0 Å². The summed E-state index contributed by atoms with van der Waals surface area (Å²) in [4.78, 5) is 17.5. The summed E-state index contributed by atoms with van der Waals surface area (Å²) in [6.45, 7) is 11.0. The summed E-state index contributed by atoms with van der Waals surface area (Å²) in [5.74, 6) is 1.22. The van der Waals surface area contributed by atoms with Crippen molar-refractivity contribution in [2.45, 2.75) is 46.6 Å². The van der Waals surface area contributed by atoms with Crippen molar-refractivity contribution < 1.29 is 9.53 Å². The van der Waals surface area contributed by atoms with Crippen LogP contribution in [0, 0.1) is 5.92 Å². The number of ether oxygens (including phenoxy) is 1. The van der Waals surface area contributed by atoms with Crippen molar-refractivity contribution in [1.82, 2.24) is 15.5 Å². The number of rotatable bonds is 10. The van der Waals surface area contributed by atoms with Crippen molar-refractivity contribution >= 4 is 11.9 Å². The average Bonchev–Trinajstić information content (AvgIpc) is 2.43. The van der Waals surface area contributed by atoms with Gasteiger partial charge >= 0.3 is 0 Å². The first kappa shape index (κ1) is 20.7. The van der Waals surface area contributed by atoms with E-state index in [1.807, 2.05) is 13.8 Å². The number of hydrogen-bond donors (Lipinski definition) is 2. The molecule has 0 aromatic rings. The van der Waals surface area contributed by atoms with Gasteiger partial charge in [-0.2, -0.15) is 0 Å². The van der Waals surface area contributed by atoms with E-state index in [-0.39, 0.29) is 18.6 Å². The minimum Gasteiger partial charge on any atom is -0.379 e. The zero-order valence-electron chi connectivity index (χ0n) is 15.1. The Kier molecular flexibility index (Phi) is 11.5. The first-order valence-electron chi connectivity index (χ1n) is 8.16. The quantitative estimate of drug-likeness (QED) is 0.364. The first-order chi connectivity index (χ1) is 10.3. The molecule has 0 aromatic heterocycles. The van der Waals surface area contributed by atoms with Gasteiger partial charge in [-0.25, -0.2) is 4.99 Å². The van der Waals surface area contributed by atoms with Crippen LogP contribution in [0.15, 0.2) is 4.99 Å². The Hall–Kier alpha value is -1.30. The van der Waals surface area contributed by atoms with Crippen molar-refractivity contribution in [2.24, 2.45) is 10.9 Å². The van der Waals surface area contributed by atoms with Gasteiger partial charge in [0.25, 0.3) is 0 Å². The van der Waals surface area contributed by atoms with Crippen LogP contribution in [0.5, 0.6) is 0 Å². The molecule has 0 aliphatic rings. The highest BCUT2D eigenvalue weighted by molar-refractivity contribution is 5.84. The molecular weight excluding hydrogens is 280 g/mol. The molecule has 0 radical (unpaired) electrons. The van der Waals surface area contributed by atoms with Crippen molar-refractivity contribution in [3.63, 3.8) is 0 Å². The van der Waals surface area contributed by atoms with Crippen molar-refractivity contribution in [3.8, 4) is 0 Å². The fraction of sp³-hybridized carbons (Fsp3) is 0.875. The fourth-order valence-corrected chi connectivity index (χ4v) is 1.52. The molecule has 6 heteroatoms. The highest BCUT2D eigenvalue weighted by Crippen LogP contribution is 1.94. The highest BCUT2D eigenvalue weighted by atomic mass is 16.5. The standard InChI is InChI=1S/C16H34N4O2/c1-13(2)11-18-16(19-12-15(21)20(5)6)17-9-7-8-10-22-14(3)4/h13-14H,7-12H2,1-6H3,(H2,17,18,19). The molecule has 0 fully saturated rings. The Morgan fingerprint density at radius 2 is 1.82 bits per heavy atom. The normalized spacial score (nSPS) is 11.9. The number of nitrogens with one attached hydrogen (secondary N) is 2. The van der Waals surface area contributed by atoms with E-state index < -0.39 is 0 Å². The average molecular weight is 314 g/mol. The van der Waals surface area contributed by atoms with Gasteiger partial charge in [0.1, 0.15) is 6.54 Å². The second-order valence-electron chi connectivity index (χ2n) is 6.28. The van der Waals surface area contributed by atoms with Gasteiger partial charge in [-0.05, 0) is 32.6 Å². The van der Waals surface area contributed by atoms with E-state index in [4.69, 9.17) is 4.74 Å². The minimum absolute atomic E-state index is 0.00372. The van der Waals surface area contributed by atoms with Crippen LogP contribution in [0.25, 0.3) is 0 Å². The molecule has 0 aromatic carbocycles. The van der Waals surface area contributed by atoms with Crippen LogP contribution in [0.4, 0.5) is 0 Å². The molecule has 0 heterocycles. The third kappa shape index (κ3) is 12.4. The van der Waals surface area contributed by atoms with Crippen LogP contribution in [0.3, 0.4) is 0 Å². The molecule has 0 rings (SSSR count). The van der Waals surface area contributed by atoms with Gasteiger partial charge in [-0.1, -0.05) is 13.8 Å². The number of aliphatic imine (C=N–C) groups is 1. The molecule has 0 atom stereocenters. The SMILES string of the molecule is CC(C)CNC(=NCC(=O)N(C)C)NCCCCOC(C)C. The van der Waals surface area contributed by atoms with E-state index >= 15 is 0 Å². The summed E-state index contributed by atoms with van der Waals surface area (Å²) in [7, 11) is 3.47. The van der Waals surface area contributed by atoms with E-state index in [1.54, 1.807) is 19.0 Å². The van der Waals surface area contributed by atoms with Crippen LogP contribution in [0.1, 0.15) is 40.5 Å². The molecular formula is C16H34N4O2. The monoisotopic (exact) mass is 314 g/mol. The van der Waals surface area contributed by atoms with Gasteiger partial charge in [0.05, 0.1) is 6.10 Å². The number of carbonyl (C=O) groups excluding carboxylic acids is 1. The molecule has 0 saturated heterocycles. The van der Waals surface area contributed by atoms with Crippen LogP contribution >= 0.6 is 0 Å². The molecule has 2 N–H and O–H groups in total. The summed E-state index contributed by atoms with van der Waals surface area (Å²) in [5.41, 5.74) is 0. The predicted octanol–water partition coefficient (Wildman–Crippen LogP) is 1.47. The Balaban J connectivity index is 4.12. The molecule has 0 spiro atoms. The van der Waals surface area contributed by atoms with E-state index in [1.165, 1.54) is 0 Å². The van der Waals surface area contributed by atoms with Crippen molar-refractivity contribution in [3.05, 3.63) is 0 Å². The van der Waals surface area contributed by atoms with Gasteiger partial charge in [-0.3, -0.25) is 4.79 Å². The third-order valence-electron chi connectivity index (χ3n) is 2.86. The lowest BCUT2D eigenvalue weighted by Gasteiger charge is -2.15. The zero-order valence-corrected chi connectivity index (χ0v) is 15.1. The summed E-state index contributed by atoms with van der Waals surface area (Å²) in [6, 6.07) is 0. The zero-order chi connectivity index (χ0) is 17.0. The maximum Gasteiger partial charge on any atom is 0.243 e. The number of nitrogens with zero attached hydrogens (tertiary/aromatic N) is 2. The van der Waals surface area contributed by atoms with Gasteiger partial charge in [0.15, 0.2) is 5.96 Å². The Morgan fingerprint density at radius 3 is 2.36 bits per heavy atom. The molecule has 1 amide bonds. The lowest BCUT2D eigenvalue weighted by molar-refractivity contribution is -0.127. The maximum atomic E-state index is 11.6. The van der Waals surface area contributed by atoms with Crippen molar-refractivity contribution in [1.29, 1.82) is 0 Å². The number of hydrogen-bond acceptors (Lipinski definition) is 3. The summed E-state index contributed by atoms with van der Waals surface area (Å²) >= 11 is 0. The largest absolute Gasteiger partial charge is 0.379 e. The smallest absolute Gasteiger partial charge is 0.243 e. The van der Waals surface area contributed by atoms with Crippen LogP contribution in [-0.2, 0) is 9.53 Å². The third-order valence-corrected chi connectivity index (χ3v) is 2.86. The number of guanidine groups is 1. The number of carbonyl (C=O) groups is 1. The maximum absolute atomic E-state index is 11.6. The lowest BCUT2D eigenvalue weighted by Crippen LogP contribution is -2.40. The Morgan fingerprint density at radius 1 is 1.14 bits per heavy atom. The number of likely N-dealkylation sites (N-methyl/N-ethyl adjacent to an activating group) is 1. The minimum atomic E-state index is -0.00372. The summed E-state index contributed by atoms with van der Waals surface area (Å²) in [5, 5.41) is 6.53. The molecule has 0 aliphatic carbocycles. The van der Waals surface area contributed by atoms with Gasteiger partial charge in [0, 0.05) is 33.8 Å². The predicted molar refractivity (Wildman–Crippen MR) is 92.2 cm³/mol. The molecule has 0 aliphatic heterocycles. The van der Waals surface area contributed by atoms with Gasteiger partial charge in [-0.15, -0.1) is 0 Å². The van der Waals surface area contributed by atoms with Crippen LogP contribution < -0.4 is 10.6 Å². The number of amides is 1. The molecule has 0 unspecified atom stereocenters. The first-order valence-corrected chi connectivity index (χ1v) is 8.16. The summed E-state index contributed by atoms with van der Waals surface area (Å²) < 4.78 is 5.51. The number of unbranched alkanes of at least 4 members (excludes halogenated alkanes) is 1. The second-order valence-corrected chi connectivity index (χ2v) is 6.28. The van der Waals surface area contributed by atoms with E-state index in [2.05, 4.69) is 29.5 Å². The molecule has 0 saturated carbocycles. The fourth-order valence-electron chi connectivity index (χ4n) is 1.52. The van der Waals surface area contributed by atoms with Gasteiger partial charge < -0.3 is 20.3 Å². The molecule has 22 heavy (non-hydrogen) atoms. The van der Waals surface area contributed by atoms with Crippen molar-refractivity contribution in [2.75, 3.05) is 40.3 Å². The van der Waals surface area contributed by atoms with Gasteiger partial charge in [0.2, 0.25) is 5.91 Å². The summed E-state index contributed by atoms with van der Waals surface area (Å²) in [6.07, 6.45) is 2.31. The van der Waals surface area contributed by atoms with E-state index in [9.17, 15) is 4.79 Å². The van der Waals surface area contributed by atoms with Crippen LogP contribution in [-0.4, -0.2) is 63.2 Å². The topological polar surface area (TPSA) is 66.0 Å².